The first-order valence-electron chi connectivity index (χ1n) is 6.18. The fourth-order valence-corrected chi connectivity index (χ4v) is 1.87. The molecule has 5 nitrogen and oxygen atoms in total. The van der Waals surface area contributed by atoms with Crippen molar-refractivity contribution in [3.8, 4) is 17.2 Å². The molecule has 0 bridgehead atoms. The van der Waals surface area contributed by atoms with Gasteiger partial charge in [-0.15, -0.1) is 0 Å². The summed E-state index contributed by atoms with van der Waals surface area (Å²) >= 11 is 0. The van der Waals surface area contributed by atoms with Crippen LogP contribution >= 0.6 is 0 Å². The zero-order chi connectivity index (χ0) is 15.2. The van der Waals surface area contributed by atoms with Gasteiger partial charge in [-0.3, -0.25) is 4.79 Å². The Kier molecular flexibility index (Phi) is 4.56. The fourth-order valence-electron chi connectivity index (χ4n) is 1.87. The summed E-state index contributed by atoms with van der Waals surface area (Å²) in [5, 5.41) is 0. The van der Waals surface area contributed by atoms with E-state index in [1.165, 1.54) is 14.2 Å². The topological polar surface area (TPSA) is 61.8 Å². The second kappa shape index (κ2) is 6.56. The molecule has 5 heteroatoms. The van der Waals surface area contributed by atoms with E-state index in [0.29, 0.717) is 23.3 Å². The number of ether oxygens (including phenoxy) is 3. The Bertz CT molecular complexity index is 641. The molecule has 0 aromatic heterocycles. The monoisotopic (exact) mass is 286 g/mol. The fraction of sp³-hybridized carbons (Fsp3) is 0.125. The maximum Gasteiger partial charge on any atom is 0.351 e. The largest absolute Gasteiger partial charge is 0.496 e. The van der Waals surface area contributed by atoms with Crippen LogP contribution in [0.1, 0.15) is 20.7 Å². The van der Waals surface area contributed by atoms with E-state index in [4.69, 9.17) is 14.2 Å². The Morgan fingerprint density at radius 1 is 0.905 bits per heavy atom. The van der Waals surface area contributed by atoms with Crippen molar-refractivity contribution in [2.45, 2.75) is 0 Å². The van der Waals surface area contributed by atoms with Crippen molar-refractivity contribution in [1.29, 1.82) is 0 Å². The molecule has 0 aliphatic heterocycles. The van der Waals surface area contributed by atoms with Crippen molar-refractivity contribution in [3.63, 3.8) is 0 Å². The Balaban J connectivity index is 2.39. The summed E-state index contributed by atoms with van der Waals surface area (Å²) in [5.74, 6) is 0.204. The van der Waals surface area contributed by atoms with E-state index < -0.39 is 5.97 Å². The predicted octanol–water partition coefficient (Wildman–Crippen LogP) is 2.74. The molecule has 0 fully saturated rings. The van der Waals surface area contributed by atoms with Gasteiger partial charge in [-0.25, -0.2) is 4.79 Å². The number of hydrogen-bond donors (Lipinski definition) is 0. The number of rotatable bonds is 5. The lowest BCUT2D eigenvalue weighted by Crippen LogP contribution is -2.12. The van der Waals surface area contributed by atoms with Crippen molar-refractivity contribution in [2.24, 2.45) is 0 Å². The van der Waals surface area contributed by atoms with Crippen molar-refractivity contribution in [1.82, 2.24) is 0 Å². The lowest BCUT2D eigenvalue weighted by atomic mass is 10.1. The molecule has 0 radical (unpaired) electrons. The summed E-state index contributed by atoms with van der Waals surface area (Å²) in [6.07, 6.45) is 0.627. The lowest BCUT2D eigenvalue weighted by Gasteiger charge is -2.12. The molecule has 0 atom stereocenters. The minimum atomic E-state index is -0.654. The summed E-state index contributed by atoms with van der Waals surface area (Å²) in [4.78, 5) is 23.3. The normalized spacial score (nSPS) is 9.81. The molecule has 0 heterocycles. The Morgan fingerprint density at radius 3 is 2.05 bits per heavy atom. The highest BCUT2D eigenvalue weighted by Crippen LogP contribution is 2.30. The van der Waals surface area contributed by atoms with Crippen LogP contribution in [0, 0.1) is 0 Å². The molecule has 21 heavy (non-hydrogen) atoms. The third-order valence-electron chi connectivity index (χ3n) is 2.88. The molecular weight excluding hydrogens is 272 g/mol. The van der Waals surface area contributed by atoms with Crippen LogP contribution in [0.5, 0.6) is 17.2 Å². The lowest BCUT2D eigenvalue weighted by molar-refractivity contribution is 0.0726. The van der Waals surface area contributed by atoms with Crippen LogP contribution in [0.25, 0.3) is 0 Å². The quantitative estimate of drug-likeness (QED) is 0.480. The van der Waals surface area contributed by atoms with Gasteiger partial charge in [-0.2, -0.15) is 0 Å². The molecule has 0 aliphatic carbocycles. The number of esters is 1. The van der Waals surface area contributed by atoms with Gasteiger partial charge in [-0.05, 0) is 24.3 Å². The summed E-state index contributed by atoms with van der Waals surface area (Å²) in [7, 11) is 2.90. The molecule has 108 valence electrons. The highest BCUT2D eigenvalue weighted by Gasteiger charge is 2.21. The van der Waals surface area contributed by atoms with Crippen LogP contribution < -0.4 is 14.2 Å². The first-order valence-corrected chi connectivity index (χ1v) is 6.18. The van der Waals surface area contributed by atoms with Crippen molar-refractivity contribution < 1.29 is 23.8 Å². The number of carbonyl (C=O) groups is 2. The zero-order valence-corrected chi connectivity index (χ0v) is 11.7. The van der Waals surface area contributed by atoms with Crippen molar-refractivity contribution in [2.75, 3.05) is 14.2 Å². The third-order valence-corrected chi connectivity index (χ3v) is 2.88. The molecule has 2 aromatic rings. The average molecular weight is 286 g/mol. The number of carbonyl (C=O) groups excluding carboxylic acids is 2. The molecule has 0 amide bonds. The molecule has 0 N–H and O–H groups in total. The van der Waals surface area contributed by atoms with Crippen LogP contribution in [0.15, 0.2) is 42.5 Å². The molecular formula is C16H14O5. The van der Waals surface area contributed by atoms with Crippen LogP contribution in [0.2, 0.25) is 0 Å². The Labute approximate surface area is 122 Å². The van der Waals surface area contributed by atoms with E-state index in [1.807, 2.05) is 0 Å². The van der Waals surface area contributed by atoms with Gasteiger partial charge in [0.15, 0.2) is 6.29 Å². The first-order chi connectivity index (χ1) is 10.2. The number of methoxy groups -OCH3 is 2. The molecule has 0 saturated carbocycles. The number of para-hydroxylation sites is 1. The smallest absolute Gasteiger partial charge is 0.351 e. The van der Waals surface area contributed by atoms with Gasteiger partial charge in [-0.1, -0.05) is 18.2 Å². The SMILES string of the molecule is COc1cccc(OC)c1C(=O)Oc1ccccc1C=O. The van der Waals surface area contributed by atoms with Crippen molar-refractivity contribution in [3.05, 3.63) is 53.6 Å². The standard InChI is InChI=1S/C16H14O5/c1-19-13-8-5-9-14(20-2)15(13)16(18)21-12-7-4-3-6-11(12)10-17/h3-10H,1-2H3. The zero-order valence-electron chi connectivity index (χ0n) is 11.7. The third kappa shape index (κ3) is 3.02. The van der Waals surface area contributed by atoms with E-state index in [1.54, 1.807) is 42.5 Å². The van der Waals surface area contributed by atoms with E-state index in [-0.39, 0.29) is 11.3 Å². The summed E-state index contributed by atoms with van der Waals surface area (Å²) in [5.41, 5.74) is 0.461. The highest BCUT2D eigenvalue weighted by atomic mass is 16.5. The van der Waals surface area contributed by atoms with Crippen LogP contribution in [-0.2, 0) is 0 Å². The Hall–Kier alpha value is -2.82. The molecule has 0 spiro atoms. The number of hydrogen-bond acceptors (Lipinski definition) is 5. The molecule has 2 aromatic carbocycles. The van der Waals surface area contributed by atoms with Gasteiger partial charge >= 0.3 is 5.97 Å². The van der Waals surface area contributed by atoms with Gasteiger partial charge in [0.2, 0.25) is 0 Å². The van der Waals surface area contributed by atoms with Crippen molar-refractivity contribution >= 4 is 12.3 Å². The molecule has 2 rings (SSSR count). The van der Waals surface area contributed by atoms with Crippen LogP contribution in [-0.4, -0.2) is 26.5 Å². The van der Waals surface area contributed by atoms with Gasteiger partial charge < -0.3 is 14.2 Å². The maximum absolute atomic E-state index is 12.3. The highest BCUT2D eigenvalue weighted by molar-refractivity contribution is 5.97. The second-order valence-corrected chi connectivity index (χ2v) is 4.08. The van der Waals surface area contributed by atoms with Gasteiger partial charge in [0, 0.05) is 0 Å². The number of benzene rings is 2. The van der Waals surface area contributed by atoms with Gasteiger partial charge in [0.25, 0.3) is 0 Å². The summed E-state index contributed by atoms with van der Waals surface area (Å²) < 4.78 is 15.6. The average Bonchev–Trinajstić information content (AvgIpc) is 2.54. The first kappa shape index (κ1) is 14.6. The maximum atomic E-state index is 12.3. The van der Waals surface area contributed by atoms with Gasteiger partial charge in [0.05, 0.1) is 19.8 Å². The van der Waals surface area contributed by atoms with Crippen LogP contribution in [0.4, 0.5) is 0 Å². The second-order valence-electron chi connectivity index (χ2n) is 4.08. The van der Waals surface area contributed by atoms with Gasteiger partial charge in [0.1, 0.15) is 22.8 Å². The summed E-state index contributed by atoms with van der Waals surface area (Å²) in [6.45, 7) is 0. The predicted molar refractivity (Wildman–Crippen MR) is 76.3 cm³/mol. The van der Waals surface area contributed by atoms with E-state index in [2.05, 4.69) is 0 Å². The summed E-state index contributed by atoms with van der Waals surface area (Å²) in [6, 6.07) is 11.4. The number of aldehydes is 1. The van der Waals surface area contributed by atoms with E-state index in [0.717, 1.165) is 0 Å². The molecule has 0 saturated heterocycles. The van der Waals surface area contributed by atoms with E-state index >= 15 is 0 Å². The molecule has 0 unspecified atom stereocenters. The minimum Gasteiger partial charge on any atom is -0.496 e. The Morgan fingerprint density at radius 2 is 1.48 bits per heavy atom. The molecule has 0 aliphatic rings. The van der Waals surface area contributed by atoms with Crippen LogP contribution in [0.3, 0.4) is 0 Å². The van der Waals surface area contributed by atoms with E-state index in [9.17, 15) is 9.59 Å². The minimum absolute atomic E-state index is 0.170.